The molecule has 0 unspecified atom stereocenters. The fourth-order valence-electron chi connectivity index (χ4n) is 1.84. The molecule has 1 aliphatic rings. The second kappa shape index (κ2) is 6.09. The first-order valence-electron chi connectivity index (χ1n) is 6.31. The summed E-state index contributed by atoms with van der Waals surface area (Å²) in [5.41, 5.74) is -0.156. The molecule has 0 atom stereocenters. The molecule has 0 aromatic carbocycles. The third kappa shape index (κ3) is 3.37. The van der Waals surface area contributed by atoms with Gasteiger partial charge in [-0.2, -0.15) is 0 Å². The van der Waals surface area contributed by atoms with Gasteiger partial charge in [0.05, 0.1) is 6.61 Å². The van der Waals surface area contributed by atoms with Gasteiger partial charge in [-0.3, -0.25) is 0 Å². The highest BCUT2D eigenvalue weighted by Gasteiger charge is 2.26. The van der Waals surface area contributed by atoms with Crippen LogP contribution in [0.25, 0.3) is 0 Å². The molecule has 2 amide bonds. The van der Waals surface area contributed by atoms with Gasteiger partial charge in [0, 0.05) is 18.0 Å². The van der Waals surface area contributed by atoms with Crippen molar-refractivity contribution in [2.24, 2.45) is 5.41 Å². The Hall–Kier alpha value is -0.770. The number of aliphatic hydroxyl groups is 1. The molecule has 0 aromatic heterocycles. The maximum atomic E-state index is 11.5. The third-order valence-electron chi connectivity index (χ3n) is 3.90. The molecule has 0 radical (unpaired) electrons. The minimum atomic E-state index is -0.156. The highest BCUT2D eigenvalue weighted by molar-refractivity contribution is 5.74. The maximum Gasteiger partial charge on any atom is 0.315 e. The van der Waals surface area contributed by atoms with Gasteiger partial charge < -0.3 is 15.7 Å². The quantitative estimate of drug-likeness (QED) is 0.647. The van der Waals surface area contributed by atoms with Gasteiger partial charge in [0.2, 0.25) is 0 Å². The maximum absolute atomic E-state index is 11.5. The molecule has 4 heteroatoms. The van der Waals surface area contributed by atoms with Gasteiger partial charge in [-0.15, -0.1) is 0 Å². The van der Waals surface area contributed by atoms with Crippen LogP contribution >= 0.6 is 0 Å². The Morgan fingerprint density at radius 2 is 2.00 bits per heavy atom. The van der Waals surface area contributed by atoms with E-state index in [-0.39, 0.29) is 18.1 Å². The number of carbonyl (C=O) groups is 1. The topological polar surface area (TPSA) is 61.4 Å². The molecule has 1 rings (SSSR count). The molecule has 4 nitrogen and oxygen atoms in total. The van der Waals surface area contributed by atoms with Gasteiger partial charge in [0.1, 0.15) is 0 Å². The van der Waals surface area contributed by atoms with E-state index in [0.29, 0.717) is 12.6 Å². The van der Waals surface area contributed by atoms with Crippen molar-refractivity contribution in [3.05, 3.63) is 0 Å². The van der Waals surface area contributed by atoms with E-state index in [1.807, 2.05) is 13.8 Å². The van der Waals surface area contributed by atoms with Crippen LogP contribution in [0.2, 0.25) is 0 Å². The lowest BCUT2D eigenvalue weighted by molar-refractivity contribution is 0.114. The van der Waals surface area contributed by atoms with Crippen molar-refractivity contribution in [2.45, 2.75) is 52.0 Å². The lowest BCUT2D eigenvalue weighted by atomic mass is 9.83. The summed E-state index contributed by atoms with van der Waals surface area (Å²) in [4.78, 5) is 11.5. The molecule has 0 spiro atoms. The zero-order chi connectivity index (χ0) is 12.0. The van der Waals surface area contributed by atoms with Crippen LogP contribution in [0.15, 0.2) is 0 Å². The first kappa shape index (κ1) is 13.3. The highest BCUT2D eigenvalue weighted by Crippen LogP contribution is 2.24. The predicted molar refractivity (Wildman–Crippen MR) is 64.3 cm³/mol. The average Bonchev–Trinajstić information content (AvgIpc) is 2.26. The Bertz CT molecular complexity index is 215. The van der Waals surface area contributed by atoms with Crippen LogP contribution in [0, 0.1) is 5.41 Å². The number of aliphatic hydroxyl groups excluding tert-OH is 1. The third-order valence-corrected chi connectivity index (χ3v) is 3.90. The van der Waals surface area contributed by atoms with Crippen molar-refractivity contribution in [2.75, 3.05) is 13.2 Å². The molecule has 94 valence electrons. The van der Waals surface area contributed by atoms with Gasteiger partial charge in [0.15, 0.2) is 0 Å². The molecule has 0 aromatic rings. The van der Waals surface area contributed by atoms with Crippen LogP contribution in [0.4, 0.5) is 4.79 Å². The highest BCUT2D eigenvalue weighted by atomic mass is 16.3. The van der Waals surface area contributed by atoms with Gasteiger partial charge in [-0.05, 0) is 32.1 Å². The molecule has 0 bridgehead atoms. The first-order chi connectivity index (χ1) is 7.65. The summed E-state index contributed by atoms with van der Waals surface area (Å²) < 4.78 is 0. The molecular formula is C12H24N2O2. The minimum absolute atomic E-state index is 0.0931. The molecular weight excluding hydrogens is 204 g/mol. The Labute approximate surface area is 97.8 Å². The van der Waals surface area contributed by atoms with E-state index in [1.165, 1.54) is 6.42 Å². The van der Waals surface area contributed by atoms with E-state index >= 15 is 0 Å². The summed E-state index contributed by atoms with van der Waals surface area (Å²) in [6, 6.07) is 0.274. The Kier molecular flexibility index (Phi) is 5.06. The SMILES string of the molecule is CCC(CC)(CO)CNC(=O)NC1CCC1. The Morgan fingerprint density at radius 1 is 1.38 bits per heavy atom. The zero-order valence-corrected chi connectivity index (χ0v) is 10.4. The van der Waals surface area contributed by atoms with Crippen molar-refractivity contribution in [1.29, 1.82) is 0 Å². The summed E-state index contributed by atoms with van der Waals surface area (Å²) in [6.07, 6.45) is 5.17. The molecule has 1 aliphatic carbocycles. The van der Waals surface area contributed by atoms with Crippen molar-refractivity contribution in [3.8, 4) is 0 Å². The predicted octanol–water partition coefficient (Wildman–Crippen LogP) is 1.64. The monoisotopic (exact) mass is 228 g/mol. The number of carbonyl (C=O) groups excluding carboxylic acids is 1. The van der Waals surface area contributed by atoms with E-state index in [0.717, 1.165) is 25.7 Å². The summed E-state index contributed by atoms with van der Waals surface area (Å²) >= 11 is 0. The van der Waals surface area contributed by atoms with Crippen LogP contribution in [0.5, 0.6) is 0 Å². The number of rotatable bonds is 6. The van der Waals surface area contributed by atoms with Crippen LogP contribution in [0.3, 0.4) is 0 Å². The fourth-order valence-corrected chi connectivity index (χ4v) is 1.84. The van der Waals surface area contributed by atoms with Crippen molar-refractivity contribution in [1.82, 2.24) is 10.6 Å². The Morgan fingerprint density at radius 3 is 2.38 bits per heavy atom. The number of nitrogens with one attached hydrogen (secondary N) is 2. The van der Waals surface area contributed by atoms with Crippen molar-refractivity contribution in [3.63, 3.8) is 0 Å². The van der Waals surface area contributed by atoms with Gasteiger partial charge >= 0.3 is 6.03 Å². The number of hydrogen-bond acceptors (Lipinski definition) is 2. The van der Waals surface area contributed by atoms with Crippen LogP contribution in [0.1, 0.15) is 46.0 Å². The van der Waals surface area contributed by atoms with Gasteiger partial charge in [-0.25, -0.2) is 4.79 Å². The molecule has 1 saturated carbocycles. The summed E-state index contributed by atoms with van der Waals surface area (Å²) in [6.45, 7) is 4.77. The van der Waals surface area contributed by atoms with Crippen molar-refractivity contribution < 1.29 is 9.90 Å². The van der Waals surface area contributed by atoms with Crippen LogP contribution in [-0.4, -0.2) is 30.3 Å². The second-order valence-electron chi connectivity index (χ2n) is 4.82. The van der Waals surface area contributed by atoms with Crippen LogP contribution < -0.4 is 10.6 Å². The summed E-state index contributed by atoms with van der Waals surface area (Å²) in [7, 11) is 0. The fraction of sp³-hybridized carbons (Fsp3) is 0.917. The van der Waals surface area contributed by atoms with E-state index < -0.39 is 0 Å². The molecule has 0 aliphatic heterocycles. The second-order valence-corrected chi connectivity index (χ2v) is 4.82. The average molecular weight is 228 g/mol. The van der Waals surface area contributed by atoms with E-state index in [2.05, 4.69) is 10.6 Å². The lowest BCUT2D eigenvalue weighted by Crippen LogP contribution is -2.48. The molecule has 1 fully saturated rings. The largest absolute Gasteiger partial charge is 0.396 e. The molecule has 0 heterocycles. The van der Waals surface area contributed by atoms with Crippen molar-refractivity contribution >= 4 is 6.03 Å². The molecule has 0 saturated heterocycles. The summed E-state index contributed by atoms with van der Waals surface area (Å²) in [5.74, 6) is 0. The number of amides is 2. The Balaban J connectivity index is 2.27. The standard InChI is InChI=1S/C12H24N2O2/c1-3-12(4-2,9-15)8-13-11(16)14-10-6-5-7-10/h10,15H,3-9H2,1-2H3,(H2,13,14,16). The number of urea groups is 1. The van der Waals surface area contributed by atoms with Gasteiger partial charge in [0.25, 0.3) is 0 Å². The summed E-state index contributed by atoms with van der Waals surface area (Å²) in [5, 5.41) is 15.2. The van der Waals surface area contributed by atoms with E-state index in [1.54, 1.807) is 0 Å². The minimum Gasteiger partial charge on any atom is -0.396 e. The normalized spacial score (nSPS) is 16.7. The van der Waals surface area contributed by atoms with Gasteiger partial charge in [-0.1, -0.05) is 13.8 Å². The lowest BCUT2D eigenvalue weighted by Gasteiger charge is -2.31. The van der Waals surface area contributed by atoms with E-state index in [9.17, 15) is 9.90 Å². The molecule has 16 heavy (non-hydrogen) atoms. The zero-order valence-electron chi connectivity index (χ0n) is 10.4. The van der Waals surface area contributed by atoms with E-state index in [4.69, 9.17) is 0 Å². The molecule has 3 N–H and O–H groups in total. The smallest absolute Gasteiger partial charge is 0.315 e. The first-order valence-corrected chi connectivity index (χ1v) is 6.31. The number of hydrogen-bond donors (Lipinski definition) is 3. The van der Waals surface area contributed by atoms with Crippen LogP contribution in [-0.2, 0) is 0 Å².